The van der Waals surface area contributed by atoms with Gasteiger partial charge in [-0.2, -0.15) is 0 Å². The summed E-state index contributed by atoms with van der Waals surface area (Å²) >= 11 is 0. The van der Waals surface area contributed by atoms with Crippen LogP contribution in [-0.4, -0.2) is 17.9 Å². The Balaban J connectivity index is 2.14. The van der Waals surface area contributed by atoms with E-state index >= 15 is 0 Å². The van der Waals surface area contributed by atoms with E-state index in [2.05, 4.69) is 12.1 Å². The van der Waals surface area contributed by atoms with E-state index in [1.165, 1.54) is 0 Å². The van der Waals surface area contributed by atoms with E-state index in [9.17, 15) is 4.79 Å². The van der Waals surface area contributed by atoms with E-state index < -0.39 is 5.97 Å². The standard InChI is InChI=1S/C13H16O4/c1-9-5-10(3-2-4-12(14)15)13-11(6-9)7-16-8-17-13/h5-6H,2-4,7-8H2,1H3,(H,14,15). The number of hydrogen-bond acceptors (Lipinski definition) is 3. The third-order valence-corrected chi connectivity index (χ3v) is 2.77. The van der Waals surface area contributed by atoms with E-state index in [1.807, 2.05) is 6.92 Å². The van der Waals surface area contributed by atoms with Crippen LogP contribution in [0.1, 0.15) is 29.5 Å². The zero-order chi connectivity index (χ0) is 12.3. The Bertz CT molecular complexity index is 426. The van der Waals surface area contributed by atoms with Gasteiger partial charge in [0, 0.05) is 12.0 Å². The van der Waals surface area contributed by atoms with Gasteiger partial charge in [-0.05, 0) is 25.3 Å². The summed E-state index contributed by atoms with van der Waals surface area (Å²) in [4.78, 5) is 10.5. The van der Waals surface area contributed by atoms with Crippen molar-refractivity contribution in [3.05, 3.63) is 28.8 Å². The number of carboxylic acid groups (broad SMARTS) is 1. The normalized spacial score (nSPS) is 13.9. The van der Waals surface area contributed by atoms with Gasteiger partial charge in [0.1, 0.15) is 5.75 Å². The van der Waals surface area contributed by atoms with Crippen LogP contribution >= 0.6 is 0 Å². The molecule has 1 aromatic rings. The van der Waals surface area contributed by atoms with Gasteiger partial charge in [0.05, 0.1) is 6.61 Å². The Morgan fingerprint density at radius 3 is 3.06 bits per heavy atom. The second-order valence-corrected chi connectivity index (χ2v) is 4.27. The van der Waals surface area contributed by atoms with Gasteiger partial charge in [-0.25, -0.2) is 0 Å². The molecule has 1 N–H and O–H groups in total. The first kappa shape index (κ1) is 11.9. The molecule has 2 rings (SSSR count). The quantitative estimate of drug-likeness (QED) is 0.871. The fraction of sp³-hybridized carbons (Fsp3) is 0.462. The largest absolute Gasteiger partial charge is 0.481 e. The number of carbonyl (C=O) groups is 1. The summed E-state index contributed by atoms with van der Waals surface area (Å²) in [6, 6.07) is 4.11. The Morgan fingerprint density at radius 2 is 2.29 bits per heavy atom. The fourth-order valence-electron chi connectivity index (χ4n) is 2.09. The first-order chi connectivity index (χ1) is 8.16. The van der Waals surface area contributed by atoms with Crippen LogP contribution in [0, 0.1) is 6.92 Å². The SMILES string of the molecule is Cc1cc(CCCC(=O)O)c2c(c1)COCO2. The molecule has 0 bridgehead atoms. The van der Waals surface area contributed by atoms with Crippen LogP contribution in [0.15, 0.2) is 12.1 Å². The van der Waals surface area contributed by atoms with Crippen molar-refractivity contribution < 1.29 is 19.4 Å². The first-order valence-corrected chi connectivity index (χ1v) is 5.71. The lowest BCUT2D eigenvalue weighted by Crippen LogP contribution is -2.13. The van der Waals surface area contributed by atoms with Gasteiger partial charge in [-0.3, -0.25) is 4.79 Å². The molecule has 0 amide bonds. The maximum Gasteiger partial charge on any atom is 0.303 e. The average Bonchev–Trinajstić information content (AvgIpc) is 2.28. The van der Waals surface area contributed by atoms with Crippen molar-refractivity contribution in [2.24, 2.45) is 0 Å². The van der Waals surface area contributed by atoms with Crippen LogP contribution < -0.4 is 4.74 Å². The van der Waals surface area contributed by atoms with Gasteiger partial charge in [-0.15, -0.1) is 0 Å². The van der Waals surface area contributed by atoms with Gasteiger partial charge in [0.15, 0.2) is 6.79 Å². The van der Waals surface area contributed by atoms with Gasteiger partial charge in [-0.1, -0.05) is 17.7 Å². The molecule has 0 radical (unpaired) electrons. The number of benzene rings is 1. The minimum absolute atomic E-state index is 0.194. The summed E-state index contributed by atoms with van der Waals surface area (Å²) in [5.41, 5.74) is 3.30. The van der Waals surface area contributed by atoms with Crippen LogP contribution in [0.5, 0.6) is 5.75 Å². The van der Waals surface area contributed by atoms with Crippen molar-refractivity contribution in [1.82, 2.24) is 0 Å². The second-order valence-electron chi connectivity index (χ2n) is 4.27. The summed E-state index contributed by atoms with van der Waals surface area (Å²) in [5.74, 6) is 0.128. The minimum Gasteiger partial charge on any atom is -0.481 e. The highest BCUT2D eigenvalue weighted by Gasteiger charge is 2.15. The molecule has 1 aromatic carbocycles. The molecule has 4 heteroatoms. The molecule has 0 saturated carbocycles. The summed E-state index contributed by atoms with van der Waals surface area (Å²) < 4.78 is 10.7. The topological polar surface area (TPSA) is 55.8 Å². The lowest BCUT2D eigenvalue weighted by molar-refractivity contribution is -0.137. The van der Waals surface area contributed by atoms with E-state index in [0.29, 0.717) is 13.0 Å². The number of fused-ring (bicyclic) bond motifs is 1. The predicted octanol–water partition coefficient (Wildman–Crippen LogP) is 2.27. The molecular formula is C13H16O4. The molecule has 17 heavy (non-hydrogen) atoms. The highest BCUT2D eigenvalue weighted by molar-refractivity contribution is 5.66. The summed E-state index contributed by atoms with van der Waals surface area (Å²) in [6.45, 7) is 2.88. The molecule has 0 spiro atoms. The van der Waals surface area contributed by atoms with E-state index in [-0.39, 0.29) is 13.2 Å². The number of rotatable bonds is 4. The molecule has 0 unspecified atom stereocenters. The monoisotopic (exact) mass is 236 g/mol. The average molecular weight is 236 g/mol. The molecule has 0 aliphatic carbocycles. The molecule has 0 aromatic heterocycles. The van der Waals surface area contributed by atoms with Crippen molar-refractivity contribution in [2.45, 2.75) is 32.8 Å². The van der Waals surface area contributed by atoms with Crippen LogP contribution in [0.25, 0.3) is 0 Å². The Hall–Kier alpha value is -1.55. The molecule has 0 fully saturated rings. The zero-order valence-corrected chi connectivity index (χ0v) is 9.86. The number of carboxylic acids is 1. The van der Waals surface area contributed by atoms with Gasteiger partial charge in [0.2, 0.25) is 0 Å². The Morgan fingerprint density at radius 1 is 1.47 bits per heavy atom. The van der Waals surface area contributed by atoms with Gasteiger partial charge >= 0.3 is 5.97 Å². The third kappa shape index (κ3) is 2.97. The smallest absolute Gasteiger partial charge is 0.303 e. The van der Waals surface area contributed by atoms with Crippen molar-refractivity contribution in [1.29, 1.82) is 0 Å². The van der Waals surface area contributed by atoms with E-state index in [0.717, 1.165) is 28.9 Å². The zero-order valence-electron chi connectivity index (χ0n) is 9.86. The summed E-state index contributed by atoms with van der Waals surface area (Å²) in [7, 11) is 0. The highest BCUT2D eigenvalue weighted by Crippen LogP contribution is 2.30. The number of aryl methyl sites for hydroxylation is 2. The Kier molecular flexibility index (Phi) is 3.64. The molecule has 1 aliphatic rings. The van der Waals surface area contributed by atoms with Crippen LogP contribution in [0.3, 0.4) is 0 Å². The molecule has 0 atom stereocenters. The Labute approximate surface area is 100 Å². The third-order valence-electron chi connectivity index (χ3n) is 2.77. The number of aliphatic carboxylic acids is 1. The second kappa shape index (κ2) is 5.19. The molecule has 0 saturated heterocycles. The first-order valence-electron chi connectivity index (χ1n) is 5.71. The van der Waals surface area contributed by atoms with Crippen molar-refractivity contribution in [3.63, 3.8) is 0 Å². The van der Waals surface area contributed by atoms with E-state index in [1.54, 1.807) is 0 Å². The summed E-state index contributed by atoms with van der Waals surface area (Å²) in [6.07, 6.45) is 1.56. The van der Waals surface area contributed by atoms with Gasteiger partial charge in [0.25, 0.3) is 0 Å². The fourth-order valence-corrected chi connectivity index (χ4v) is 2.09. The number of hydrogen-bond donors (Lipinski definition) is 1. The van der Waals surface area contributed by atoms with Crippen molar-refractivity contribution >= 4 is 5.97 Å². The molecule has 92 valence electrons. The molecule has 4 nitrogen and oxygen atoms in total. The molecule has 1 heterocycles. The van der Waals surface area contributed by atoms with Crippen LogP contribution in [0.4, 0.5) is 0 Å². The highest BCUT2D eigenvalue weighted by atomic mass is 16.7. The summed E-state index contributed by atoms with van der Waals surface area (Å²) in [5, 5.41) is 8.63. The maximum absolute atomic E-state index is 10.5. The van der Waals surface area contributed by atoms with Crippen molar-refractivity contribution in [3.8, 4) is 5.75 Å². The van der Waals surface area contributed by atoms with E-state index in [4.69, 9.17) is 14.6 Å². The van der Waals surface area contributed by atoms with Crippen molar-refractivity contribution in [2.75, 3.05) is 6.79 Å². The minimum atomic E-state index is -0.754. The van der Waals surface area contributed by atoms with Crippen LogP contribution in [0.2, 0.25) is 0 Å². The van der Waals surface area contributed by atoms with Gasteiger partial charge < -0.3 is 14.6 Å². The van der Waals surface area contributed by atoms with Crippen LogP contribution in [-0.2, 0) is 22.6 Å². The molecular weight excluding hydrogens is 220 g/mol. The predicted molar refractivity (Wildman–Crippen MR) is 62.0 cm³/mol. The maximum atomic E-state index is 10.5. The molecule has 1 aliphatic heterocycles. The number of ether oxygens (including phenoxy) is 2. The lowest BCUT2D eigenvalue weighted by Gasteiger charge is -2.21. The lowest BCUT2D eigenvalue weighted by atomic mass is 10.0.